The van der Waals surface area contributed by atoms with Crippen molar-refractivity contribution < 1.29 is 13.6 Å². The molecular formula is C17H28N3O3PS. The summed E-state index contributed by atoms with van der Waals surface area (Å²) in [6, 6.07) is 4.03. The highest BCUT2D eigenvalue weighted by atomic mass is 32.2. The molecule has 25 heavy (non-hydrogen) atoms. The fourth-order valence-corrected chi connectivity index (χ4v) is 5.72. The van der Waals surface area contributed by atoms with Gasteiger partial charge >= 0.3 is 7.60 Å². The average molecular weight is 385 g/mol. The van der Waals surface area contributed by atoms with Gasteiger partial charge in [0.15, 0.2) is 5.65 Å². The van der Waals surface area contributed by atoms with Crippen LogP contribution in [0.2, 0.25) is 0 Å². The molecule has 6 nitrogen and oxygen atoms in total. The fourth-order valence-electron chi connectivity index (χ4n) is 2.59. The Hall–Kier alpha value is -0.880. The fraction of sp³-hybridized carbons (Fsp3) is 0.647. The zero-order chi connectivity index (χ0) is 18.1. The molecule has 0 spiro atoms. The van der Waals surface area contributed by atoms with E-state index in [2.05, 4.69) is 23.1 Å². The molecule has 0 unspecified atom stereocenters. The Bertz CT molecular complexity index is 698. The van der Waals surface area contributed by atoms with Crippen LogP contribution in [0, 0.1) is 0 Å². The third kappa shape index (κ3) is 6.10. The van der Waals surface area contributed by atoms with Crippen LogP contribution in [-0.2, 0) is 25.8 Å². The van der Waals surface area contributed by atoms with Gasteiger partial charge in [0.25, 0.3) is 0 Å². The molecule has 2 aromatic heterocycles. The number of hydrogen-bond acceptors (Lipinski definition) is 6. The predicted molar refractivity (Wildman–Crippen MR) is 103 cm³/mol. The summed E-state index contributed by atoms with van der Waals surface area (Å²) in [7, 11) is -3.02. The summed E-state index contributed by atoms with van der Waals surface area (Å²) >= 11 is 1.55. The normalized spacial score (nSPS) is 12.1. The minimum Gasteiger partial charge on any atom is -0.308 e. The van der Waals surface area contributed by atoms with E-state index in [-0.39, 0.29) is 0 Å². The molecule has 0 aliphatic rings. The molecule has 2 heterocycles. The lowest BCUT2D eigenvalue weighted by Crippen LogP contribution is -2.04. The van der Waals surface area contributed by atoms with Gasteiger partial charge in [-0.2, -0.15) is 5.10 Å². The van der Waals surface area contributed by atoms with Crippen LogP contribution in [0.4, 0.5) is 0 Å². The summed E-state index contributed by atoms with van der Waals surface area (Å²) in [4.78, 5) is 4.67. The molecule has 0 fully saturated rings. The van der Waals surface area contributed by atoms with Crippen LogP contribution < -0.4 is 0 Å². The Kier molecular flexibility index (Phi) is 8.43. The maximum Gasteiger partial charge on any atom is 0.340 e. The van der Waals surface area contributed by atoms with E-state index in [1.165, 1.54) is 12.8 Å². The number of nitrogens with zero attached hydrogens (tertiary/aromatic N) is 3. The number of hydrogen-bond donors (Lipinski definition) is 0. The molecule has 0 atom stereocenters. The summed E-state index contributed by atoms with van der Waals surface area (Å²) < 4.78 is 25.1. The molecule has 0 amide bonds. The molecule has 0 aliphatic heterocycles. The number of aryl methyl sites for hydroxylation is 1. The average Bonchev–Trinajstić information content (AvgIpc) is 3.04. The van der Waals surface area contributed by atoms with Crippen molar-refractivity contribution in [3.05, 3.63) is 29.7 Å². The topological polar surface area (TPSA) is 65.7 Å². The van der Waals surface area contributed by atoms with Crippen LogP contribution in [0.15, 0.2) is 18.3 Å². The van der Waals surface area contributed by atoms with Gasteiger partial charge in [-0.25, -0.2) is 9.50 Å². The molecular weight excluding hydrogens is 357 g/mol. The Labute approximate surface area is 154 Å². The number of thioether (sulfide) groups is 1. The predicted octanol–water partition coefficient (Wildman–Crippen LogP) is 4.92. The summed E-state index contributed by atoms with van der Waals surface area (Å²) in [6.07, 6.45) is 6.29. The number of aromatic nitrogens is 3. The second-order valence-electron chi connectivity index (χ2n) is 5.72. The summed E-state index contributed by atoms with van der Waals surface area (Å²) in [5.41, 5.74) is 3.36. The van der Waals surface area contributed by atoms with Crippen LogP contribution in [0.5, 0.6) is 0 Å². The van der Waals surface area contributed by atoms with E-state index in [0.717, 1.165) is 29.9 Å². The zero-order valence-corrected chi connectivity index (χ0v) is 17.0. The van der Waals surface area contributed by atoms with Crippen molar-refractivity contribution in [3.63, 3.8) is 0 Å². The van der Waals surface area contributed by atoms with Crippen molar-refractivity contribution in [3.8, 4) is 0 Å². The molecule has 0 saturated carbocycles. The molecule has 0 bridgehead atoms. The second-order valence-corrected chi connectivity index (χ2v) is 9.19. The molecule has 2 rings (SSSR count). The van der Waals surface area contributed by atoms with Gasteiger partial charge in [-0.1, -0.05) is 19.8 Å². The molecule has 0 saturated heterocycles. The zero-order valence-electron chi connectivity index (χ0n) is 15.3. The van der Waals surface area contributed by atoms with E-state index < -0.39 is 7.60 Å². The lowest BCUT2D eigenvalue weighted by atomic mass is 10.1. The molecule has 140 valence electrons. The third-order valence-corrected chi connectivity index (χ3v) is 7.47. The second kappa shape index (κ2) is 10.3. The largest absolute Gasteiger partial charge is 0.340 e. The summed E-state index contributed by atoms with van der Waals surface area (Å²) in [5.74, 6) is 0.686. The SMILES string of the molecule is CCCCCc1cc(CSCP(=O)(OCC)OCC)n2nccc2n1. The van der Waals surface area contributed by atoms with Gasteiger partial charge in [-0.15, -0.1) is 11.8 Å². The molecule has 0 aromatic carbocycles. The van der Waals surface area contributed by atoms with Crippen LogP contribution in [-0.4, -0.2) is 33.3 Å². The van der Waals surface area contributed by atoms with Crippen molar-refractivity contribution in [1.29, 1.82) is 0 Å². The molecule has 0 radical (unpaired) electrons. The molecule has 8 heteroatoms. The van der Waals surface area contributed by atoms with Crippen molar-refractivity contribution >= 4 is 25.0 Å². The minimum absolute atomic E-state index is 0.338. The summed E-state index contributed by atoms with van der Waals surface area (Å²) in [6.45, 7) is 6.63. The highest BCUT2D eigenvalue weighted by Gasteiger charge is 2.23. The smallest absolute Gasteiger partial charge is 0.308 e. The van der Waals surface area contributed by atoms with Crippen molar-refractivity contribution in [2.45, 2.75) is 52.2 Å². The third-order valence-electron chi connectivity index (χ3n) is 3.67. The van der Waals surface area contributed by atoms with Crippen LogP contribution >= 0.6 is 19.4 Å². The van der Waals surface area contributed by atoms with Gasteiger partial charge in [0.1, 0.15) is 0 Å². The van der Waals surface area contributed by atoms with Gasteiger partial charge in [-0.05, 0) is 32.8 Å². The van der Waals surface area contributed by atoms with Gasteiger partial charge in [-0.3, -0.25) is 4.57 Å². The van der Waals surface area contributed by atoms with Crippen LogP contribution in [0.1, 0.15) is 51.4 Å². The highest BCUT2D eigenvalue weighted by Crippen LogP contribution is 2.51. The Balaban J connectivity index is 2.06. The first-order chi connectivity index (χ1) is 12.1. The maximum atomic E-state index is 12.6. The first-order valence-electron chi connectivity index (χ1n) is 8.90. The maximum absolute atomic E-state index is 12.6. The molecule has 0 N–H and O–H groups in total. The Morgan fingerprint density at radius 1 is 1.20 bits per heavy atom. The number of unbranched alkanes of at least 4 members (excludes halogenated alkanes) is 2. The van der Waals surface area contributed by atoms with Gasteiger partial charge in [0.2, 0.25) is 0 Å². The standard InChI is InChI=1S/C17H28N3O3PS/c1-4-7-8-9-15-12-16(20-17(19-15)10-11-18-20)13-25-14-24(21,22-5-2)23-6-3/h10-12H,4-9,13-14H2,1-3H3. The van der Waals surface area contributed by atoms with Gasteiger partial charge < -0.3 is 9.05 Å². The van der Waals surface area contributed by atoms with Gasteiger partial charge in [0.05, 0.1) is 30.6 Å². The van der Waals surface area contributed by atoms with E-state index in [1.807, 2.05) is 24.4 Å². The van der Waals surface area contributed by atoms with E-state index in [1.54, 1.807) is 18.0 Å². The van der Waals surface area contributed by atoms with Crippen molar-refractivity contribution in [2.75, 3.05) is 18.7 Å². The Morgan fingerprint density at radius 3 is 2.64 bits per heavy atom. The van der Waals surface area contributed by atoms with Crippen molar-refractivity contribution in [2.24, 2.45) is 0 Å². The number of fused-ring (bicyclic) bond motifs is 1. The lowest BCUT2D eigenvalue weighted by molar-refractivity contribution is 0.224. The van der Waals surface area contributed by atoms with Crippen LogP contribution in [0.25, 0.3) is 5.65 Å². The first-order valence-corrected chi connectivity index (χ1v) is 11.8. The van der Waals surface area contributed by atoms with E-state index in [0.29, 0.717) is 24.5 Å². The van der Waals surface area contributed by atoms with E-state index in [4.69, 9.17) is 9.05 Å². The first kappa shape index (κ1) is 20.4. The van der Waals surface area contributed by atoms with Gasteiger partial charge in [0, 0.05) is 17.5 Å². The lowest BCUT2D eigenvalue weighted by Gasteiger charge is -2.16. The highest BCUT2D eigenvalue weighted by molar-refractivity contribution is 8.03. The van der Waals surface area contributed by atoms with Crippen LogP contribution in [0.3, 0.4) is 0 Å². The quantitative estimate of drug-likeness (QED) is 0.382. The molecule has 2 aromatic rings. The summed E-state index contributed by atoms with van der Waals surface area (Å²) in [5, 5.41) is 4.35. The Morgan fingerprint density at radius 2 is 1.96 bits per heavy atom. The van der Waals surface area contributed by atoms with Crippen molar-refractivity contribution in [1.82, 2.24) is 14.6 Å². The monoisotopic (exact) mass is 385 g/mol. The molecule has 0 aliphatic carbocycles. The van der Waals surface area contributed by atoms with E-state index in [9.17, 15) is 4.57 Å². The van der Waals surface area contributed by atoms with E-state index >= 15 is 0 Å². The minimum atomic E-state index is -3.02. The number of rotatable bonds is 12.